The molecular formula is C23H17Cl2FN6O2. The quantitative estimate of drug-likeness (QED) is 0.284. The third-order valence-electron chi connectivity index (χ3n) is 4.58. The van der Waals surface area contributed by atoms with Crippen molar-refractivity contribution in [2.45, 2.75) is 13.2 Å². The number of halogens is 3. The molecule has 1 N–H and O–H groups in total. The van der Waals surface area contributed by atoms with E-state index in [0.29, 0.717) is 32.7 Å². The van der Waals surface area contributed by atoms with Crippen LogP contribution in [0.5, 0.6) is 5.75 Å². The first kappa shape index (κ1) is 23.3. The molecule has 0 saturated carbocycles. The monoisotopic (exact) mass is 498 g/mol. The lowest BCUT2D eigenvalue weighted by atomic mass is 10.2. The van der Waals surface area contributed by atoms with E-state index in [1.165, 1.54) is 18.3 Å². The Morgan fingerprint density at radius 1 is 1.06 bits per heavy atom. The van der Waals surface area contributed by atoms with Gasteiger partial charge in [0.05, 0.1) is 16.3 Å². The van der Waals surface area contributed by atoms with Crippen LogP contribution < -0.4 is 10.2 Å². The number of carbonyl (C=O) groups is 1. The van der Waals surface area contributed by atoms with E-state index in [1.54, 1.807) is 54.6 Å². The molecule has 0 saturated heterocycles. The van der Waals surface area contributed by atoms with Crippen LogP contribution in [0.4, 0.5) is 4.39 Å². The first-order chi connectivity index (χ1) is 16.5. The molecule has 0 aliphatic carbocycles. The Kier molecular flexibility index (Phi) is 7.46. The summed E-state index contributed by atoms with van der Waals surface area (Å²) in [5.74, 6) is 0.00261. The number of amides is 1. The molecule has 4 rings (SSSR count). The van der Waals surface area contributed by atoms with Gasteiger partial charge in [0.2, 0.25) is 5.82 Å². The maximum atomic E-state index is 13.8. The van der Waals surface area contributed by atoms with E-state index in [9.17, 15) is 9.18 Å². The Morgan fingerprint density at radius 2 is 1.82 bits per heavy atom. The Morgan fingerprint density at radius 3 is 2.59 bits per heavy atom. The molecular weight excluding hydrogens is 482 g/mol. The van der Waals surface area contributed by atoms with E-state index in [1.807, 2.05) is 0 Å². The van der Waals surface area contributed by atoms with Crippen molar-refractivity contribution in [1.29, 1.82) is 0 Å². The average Bonchev–Trinajstić information content (AvgIpc) is 3.28. The van der Waals surface area contributed by atoms with Crippen molar-refractivity contribution in [2.75, 3.05) is 0 Å². The van der Waals surface area contributed by atoms with Gasteiger partial charge in [0.25, 0.3) is 5.91 Å². The van der Waals surface area contributed by atoms with Gasteiger partial charge in [-0.05, 0) is 59.3 Å². The number of nitrogens with zero attached hydrogens (tertiary/aromatic N) is 5. The number of hydrogen-bond donors (Lipinski definition) is 1. The Bertz CT molecular complexity index is 1310. The van der Waals surface area contributed by atoms with Gasteiger partial charge >= 0.3 is 0 Å². The summed E-state index contributed by atoms with van der Waals surface area (Å²) in [6.07, 6.45) is 1.47. The van der Waals surface area contributed by atoms with E-state index >= 15 is 0 Å². The van der Waals surface area contributed by atoms with Crippen LogP contribution in [0.15, 0.2) is 71.8 Å². The zero-order valence-electron chi connectivity index (χ0n) is 17.5. The van der Waals surface area contributed by atoms with Crippen molar-refractivity contribution in [3.63, 3.8) is 0 Å². The number of nitrogens with one attached hydrogen (secondary N) is 1. The standard InChI is InChI=1S/C23H17Cl2FN6O2/c24-19-5-2-1-4-17(19)23-29-31-32(30-23)13-22(33)28-27-12-15-8-10-16(11-9-15)34-14-18-20(25)6-3-7-21(18)26/h1-12H,13-14H2,(H,28,33)/b27-12+. The molecule has 0 fully saturated rings. The van der Waals surface area contributed by atoms with E-state index in [4.69, 9.17) is 27.9 Å². The molecule has 8 nitrogen and oxygen atoms in total. The Balaban J connectivity index is 1.27. The minimum absolute atomic E-state index is 0.00348. The second-order valence-electron chi connectivity index (χ2n) is 6.97. The number of carbonyl (C=O) groups excluding carboxylic acids is 1. The molecule has 1 amide bonds. The molecule has 1 heterocycles. The summed E-state index contributed by atoms with van der Waals surface area (Å²) in [4.78, 5) is 13.3. The lowest BCUT2D eigenvalue weighted by Gasteiger charge is -2.08. The summed E-state index contributed by atoms with van der Waals surface area (Å²) in [6.45, 7) is -0.163. The van der Waals surface area contributed by atoms with Crippen molar-refractivity contribution in [3.8, 4) is 17.1 Å². The van der Waals surface area contributed by atoms with Gasteiger partial charge < -0.3 is 4.74 Å². The van der Waals surface area contributed by atoms with E-state index < -0.39 is 11.7 Å². The molecule has 0 spiro atoms. The maximum Gasteiger partial charge on any atom is 0.263 e. The molecule has 0 atom stereocenters. The summed E-state index contributed by atoms with van der Waals surface area (Å²) in [5, 5.41) is 16.7. The highest BCUT2D eigenvalue weighted by molar-refractivity contribution is 6.33. The van der Waals surface area contributed by atoms with Gasteiger partial charge in [-0.15, -0.1) is 10.2 Å². The third-order valence-corrected chi connectivity index (χ3v) is 5.26. The smallest absolute Gasteiger partial charge is 0.263 e. The SMILES string of the molecule is O=C(Cn1nnc(-c2ccccc2Cl)n1)N/N=C/c1ccc(OCc2c(F)cccc2Cl)cc1. The van der Waals surface area contributed by atoms with Gasteiger partial charge in [0.1, 0.15) is 24.7 Å². The number of rotatable bonds is 8. The van der Waals surface area contributed by atoms with Crippen molar-refractivity contribution >= 4 is 35.3 Å². The van der Waals surface area contributed by atoms with Crippen LogP contribution in [-0.4, -0.2) is 32.3 Å². The van der Waals surface area contributed by atoms with Crippen LogP contribution >= 0.6 is 23.2 Å². The van der Waals surface area contributed by atoms with E-state index in [-0.39, 0.29) is 13.2 Å². The van der Waals surface area contributed by atoms with Gasteiger partial charge in [-0.3, -0.25) is 4.79 Å². The highest BCUT2D eigenvalue weighted by Gasteiger charge is 2.11. The lowest BCUT2D eigenvalue weighted by molar-refractivity contribution is -0.122. The van der Waals surface area contributed by atoms with Crippen molar-refractivity contribution < 1.29 is 13.9 Å². The second kappa shape index (κ2) is 10.9. The molecule has 172 valence electrons. The van der Waals surface area contributed by atoms with Gasteiger partial charge in [-0.2, -0.15) is 9.90 Å². The fraction of sp³-hybridized carbons (Fsp3) is 0.0870. The molecule has 0 radical (unpaired) electrons. The second-order valence-corrected chi connectivity index (χ2v) is 7.79. The predicted octanol–water partition coefficient (Wildman–Crippen LogP) is 4.52. The molecule has 0 aliphatic rings. The van der Waals surface area contributed by atoms with Crippen LogP contribution in [0.1, 0.15) is 11.1 Å². The molecule has 3 aromatic carbocycles. The van der Waals surface area contributed by atoms with Crippen LogP contribution in [-0.2, 0) is 17.9 Å². The number of aromatic nitrogens is 4. The molecule has 4 aromatic rings. The van der Waals surface area contributed by atoms with Crippen molar-refractivity contribution in [3.05, 3.63) is 93.7 Å². The first-order valence-electron chi connectivity index (χ1n) is 10.00. The van der Waals surface area contributed by atoms with Crippen molar-refractivity contribution in [2.24, 2.45) is 5.10 Å². The molecule has 0 unspecified atom stereocenters. The van der Waals surface area contributed by atoms with Crippen LogP contribution in [0.3, 0.4) is 0 Å². The number of hydrazone groups is 1. The summed E-state index contributed by atoms with van der Waals surface area (Å²) in [5.41, 5.74) is 4.03. The fourth-order valence-corrected chi connectivity index (χ4v) is 3.32. The highest BCUT2D eigenvalue weighted by Crippen LogP contribution is 2.24. The van der Waals surface area contributed by atoms with Crippen LogP contribution in [0, 0.1) is 5.82 Å². The fourth-order valence-electron chi connectivity index (χ4n) is 2.88. The van der Waals surface area contributed by atoms with E-state index in [0.717, 1.165) is 10.4 Å². The molecule has 11 heteroatoms. The molecule has 0 aliphatic heterocycles. The van der Waals surface area contributed by atoms with Crippen molar-refractivity contribution in [1.82, 2.24) is 25.6 Å². The number of hydrogen-bond acceptors (Lipinski definition) is 6. The number of benzene rings is 3. The minimum Gasteiger partial charge on any atom is -0.489 e. The zero-order valence-corrected chi connectivity index (χ0v) is 19.0. The summed E-state index contributed by atoms with van der Waals surface area (Å²) in [7, 11) is 0. The molecule has 1 aromatic heterocycles. The Labute approximate surface area is 204 Å². The zero-order chi connectivity index (χ0) is 23.9. The average molecular weight is 499 g/mol. The number of tetrazole rings is 1. The van der Waals surface area contributed by atoms with Crippen LogP contribution in [0.25, 0.3) is 11.4 Å². The number of ether oxygens (including phenoxy) is 1. The predicted molar refractivity (Wildman–Crippen MR) is 126 cm³/mol. The van der Waals surface area contributed by atoms with E-state index in [2.05, 4.69) is 25.9 Å². The third kappa shape index (κ3) is 5.94. The molecule has 34 heavy (non-hydrogen) atoms. The molecule has 0 bridgehead atoms. The van der Waals surface area contributed by atoms with Gasteiger partial charge in [0, 0.05) is 11.1 Å². The van der Waals surface area contributed by atoms with Gasteiger partial charge in [-0.1, -0.05) is 41.4 Å². The normalized spacial score (nSPS) is 11.0. The first-order valence-corrected chi connectivity index (χ1v) is 10.8. The summed E-state index contributed by atoms with van der Waals surface area (Å²) >= 11 is 12.1. The topological polar surface area (TPSA) is 94.3 Å². The van der Waals surface area contributed by atoms with Gasteiger partial charge in [-0.25, -0.2) is 9.82 Å². The summed E-state index contributed by atoms with van der Waals surface area (Å²) < 4.78 is 19.4. The minimum atomic E-state index is -0.430. The lowest BCUT2D eigenvalue weighted by Crippen LogP contribution is -2.24. The summed E-state index contributed by atoms with van der Waals surface area (Å²) in [6, 6.07) is 18.4. The van der Waals surface area contributed by atoms with Gasteiger partial charge in [0.15, 0.2) is 0 Å². The Hall–Kier alpha value is -3.82. The highest BCUT2D eigenvalue weighted by atomic mass is 35.5. The largest absolute Gasteiger partial charge is 0.489 e. The maximum absolute atomic E-state index is 13.8. The van der Waals surface area contributed by atoms with Crippen LogP contribution in [0.2, 0.25) is 10.0 Å².